The van der Waals surface area contributed by atoms with E-state index < -0.39 is 0 Å². The second-order valence-corrected chi connectivity index (χ2v) is 6.46. The van der Waals surface area contributed by atoms with Crippen molar-refractivity contribution in [2.75, 3.05) is 19.5 Å². The lowest BCUT2D eigenvalue weighted by Crippen LogP contribution is -2.27. The van der Waals surface area contributed by atoms with Crippen LogP contribution in [0.4, 0.5) is 5.69 Å². The molecule has 140 valence electrons. The van der Waals surface area contributed by atoms with Crippen molar-refractivity contribution in [1.29, 1.82) is 0 Å². The molecule has 1 N–H and O–H groups in total. The third kappa shape index (κ3) is 3.90. The van der Waals surface area contributed by atoms with Crippen LogP contribution >= 0.6 is 11.6 Å². The van der Waals surface area contributed by atoms with Crippen molar-refractivity contribution in [2.45, 2.75) is 13.5 Å². The van der Waals surface area contributed by atoms with Gasteiger partial charge >= 0.3 is 0 Å². The van der Waals surface area contributed by atoms with Gasteiger partial charge in [-0.2, -0.15) is 0 Å². The maximum atomic E-state index is 12.6. The van der Waals surface area contributed by atoms with Crippen molar-refractivity contribution in [1.82, 2.24) is 4.57 Å². The predicted molar refractivity (Wildman–Crippen MR) is 106 cm³/mol. The van der Waals surface area contributed by atoms with E-state index in [-0.39, 0.29) is 18.0 Å². The van der Waals surface area contributed by atoms with Crippen LogP contribution in [0.25, 0.3) is 10.8 Å². The van der Waals surface area contributed by atoms with Gasteiger partial charge in [0.05, 0.1) is 19.9 Å². The van der Waals surface area contributed by atoms with Gasteiger partial charge in [-0.25, -0.2) is 0 Å². The first-order valence-electron chi connectivity index (χ1n) is 8.24. The molecule has 0 spiro atoms. The number of carbonyl (C=O) groups excluding carboxylic acids is 1. The average molecular weight is 387 g/mol. The van der Waals surface area contributed by atoms with Crippen LogP contribution in [-0.4, -0.2) is 24.7 Å². The van der Waals surface area contributed by atoms with Crippen LogP contribution in [0.5, 0.6) is 11.5 Å². The lowest BCUT2D eigenvalue weighted by atomic mass is 10.1. The summed E-state index contributed by atoms with van der Waals surface area (Å²) in [6, 6.07) is 10.3. The first-order valence-corrected chi connectivity index (χ1v) is 8.62. The fraction of sp³-hybridized carbons (Fsp3) is 0.200. The van der Waals surface area contributed by atoms with Gasteiger partial charge in [0.15, 0.2) is 0 Å². The zero-order valence-corrected chi connectivity index (χ0v) is 16.0. The summed E-state index contributed by atoms with van der Waals surface area (Å²) in [6.07, 6.45) is 1.59. The number of nitrogens with one attached hydrogen (secondary N) is 1. The van der Waals surface area contributed by atoms with Gasteiger partial charge in [0, 0.05) is 22.7 Å². The number of pyridine rings is 1. The van der Waals surface area contributed by atoms with Crippen LogP contribution < -0.4 is 20.3 Å². The second-order valence-electron chi connectivity index (χ2n) is 6.05. The average Bonchev–Trinajstić information content (AvgIpc) is 2.66. The standard InChI is InChI=1S/C20H19ClN2O4/c1-12-8-17(18(27-3)10-16(12)21)22-19(24)11-23-7-6-13-9-14(26-2)4-5-15(13)20(23)25/h4-10H,11H2,1-3H3,(H,22,24). The number of fused-ring (bicyclic) bond motifs is 1. The van der Waals surface area contributed by atoms with Gasteiger partial charge < -0.3 is 19.4 Å². The minimum Gasteiger partial charge on any atom is -0.497 e. The van der Waals surface area contributed by atoms with E-state index in [9.17, 15) is 9.59 Å². The SMILES string of the molecule is COc1ccc2c(=O)n(CC(=O)Nc3cc(C)c(Cl)cc3OC)ccc2c1. The summed E-state index contributed by atoms with van der Waals surface area (Å²) in [5, 5.41) is 4.59. The van der Waals surface area contributed by atoms with Crippen molar-refractivity contribution in [2.24, 2.45) is 0 Å². The van der Waals surface area contributed by atoms with Gasteiger partial charge in [-0.05, 0) is 48.2 Å². The predicted octanol–water partition coefficient (Wildman–Crippen LogP) is 3.62. The van der Waals surface area contributed by atoms with Gasteiger partial charge in [-0.15, -0.1) is 0 Å². The number of nitrogens with zero attached hydrogens (tertiary/aromatic N) is 1. The molecular weight excluding hydrogens is 368 g/mol. The number of halogens is 1. The summed E-state index contributed by atoms with van der Waals surface area (Å²) >= 11 is 6.08. The first-order chi connectivity index (χ1) is 12.9. The highest BCUT2D eigenvalue weighted by molar-refractivity contribution is 6.31. The number of amides is 1. The summed E-state index contributed by atoms with van der Waals surface area (Å²) in [6.45, 7) is 1.71. The molecule has 0 radical (unpaired) electrons. The first kappa shape index (κ1) is 18.8. The quantitative estimate of drug-likeness (QED) is 0.727. The molecule has 1 heterocycles. The van der Waals surface area contributed by atoms with Crippen molar-refractivity contribution < 1.29 is 14.3 Å². The molecule has 6 nitrogen and oxygen atoms in total. The summed E-state index contributed by atoms with van der Waals surface area (Å²) in [5.74, 6) is 0.782. The van der Waals surface area contributed by atoms with E-state index in [0.717, 1.165) is 10.9 Å². The van der Waals surface area contributed by atoms with Crippen LogP contribution in [-0.2, 0) is 11.3 Å². The monoisotopic (exact) mass is 386 g/mol. The normalized spacial score (nSPS) is 10.7. The molecule has 0 aliphatic carbocycles. The number of aryl methyl sites for hydroxylation is 1. The number of ether oxygens (including phenoxy) is 2. The highest BCUT2D eigenvalue weighted by atomic mass is 35.5. The number of methoxy groups -OCH3 is 2. The van der Waals surface area contributed by atoms with Gasteiger partial charge in [0.25, 0.3) is 5.56 Å². The van der Waals surface area contributed by atoms with Gasteiger partial charge in [0.2, 0.25) is 5.91 Å². The Kier molecular flexibility index (Phi) is 5.37. The van der Waals surface area contributed by atoms with Crippen LogP contribution in [0.3, 0.4) is 0 Å². The molecule has 0 aliphatic rings. The van der Waals surface area contributed by atoms with E-state index in [1.165, 1.54) is 11.7 Å². The maximum Gasteiger partial charge on any atom is 0.258 e. The van der Waals surface area contributed by atoms with E-state index in [4.69, 9.17) is 21.1 Å². The highest BCUT2D eigenvalue weighted by Crippen LogP contribution is 2.30. The number of anilines is 1. The van der Waals surface area contributed by atoms with Gasteiger partial charge in [-0.1, -0.05) is 11.6 Å². The summed E-state index contributed by atoms with van der Waals surface area (Å²) in [7, 11) is 3.07. The Balaban J connectivity index is 1.85. The molecule has 7 heteroatoms. The second kappa shape index (κ2) is 7.72. The van der Waals surface area contributed by atoms with Gasteiger partial charge in [-0.3, -0.25) is 9.59 Å². The van der Waals surface area contributed by atoms with Gasteiger partial charge in [0.1, 0.15) is 18.0 Å². The smallest absolute Gasteiger partial charge is 0.258 e. The van der Waals surface area contributed by atoms with Crippen molar-refractivity contribution in [3.63, 3.8) is 0 Å². The Morgan fingerprint density at radius 2 is 1.93 bits per heavy atom. The Labute approximate surface area is 161 Å². The van der Waals surface area contributed by atoms with Crippen molar-refractivity contribution in [3.8, 4) is 11.5 Å². The van der Waals surface area contributed by atoms with Crippen LogP contribution in [0, 0.1) is 6.92 Å². The Morgan fingerprint density at radius 1 is 1.15 bits per heavy atom. The lowest BCUT2D eigenvalue weighted by molar-refractivity contribution is -0.116. The third-order valence-electron chi connectivity index (χ3n) is 4.25. The number of aromatic nitrogens is 1. The minimum absolute atomic E-state index is 0.119. The minimum atomic E-state index is -0.343. The largest absolute Gasteiger partial charge is 0.497 e. The van der Waals surface area contributed by atoms with Crippen LogP contribution in [0.15, 0.2) is 47.4 Å². The molecule has 0 fully saturated rings. The molecule has 1 aromatic heterocycles. The summed E-state index contributed by atoms with van der Waals surface area (Å²) in [5.41, 5.74) is 1.07. The number of hydrogen-bond donors (Lipinski definition) is 1. The fourth-order valence-electron chi connectivity index (χ4n) is 2.79. The van der Waals surface area contributed by atoms with E-state index in [1.807, 2.05) is 6.92 Å². The molecule has 2 aromatic carbocycles. The molecule has 0 unspecified atom stereocenters. The number of hydrogen-bond acceptors (Lipinski definition) is 4. The molecule has 0 bridgehead atoms. The van der Waals surface area contributed by atoms with E-state index in [1.54, 1.807) is 49.7 Å². The summed E-state index contributed by atoms with van der Waals surface area (Å²) in [4.78, 5) is 25.1. The molecule has 27 heavy (non-hydrogen) atoms. The molecule has 0 saturated heterocycles. The van der Waals surface area contributed by atoms with Crippen LogP contribution in [0.2, 0.25) is 5.02 Å². The Hall–Kier alpha value is -2.99. The molecule has 0 atom stereocenters. The number of carbonyl (C=O) groups is 1. The van der Waals surface area contributed by atoms with Crippen molar-refractivity contribution >= 4 is 34.0 Å². The molecule has 0 saturated carbocycles. The molecular formula is C20H19ClN2O4. The number of benzene rings is 2. The van der Waals surface area contributed by atoms with E-state index in [0.29, 0.717) is 27.6 Å². The Bertz CT molecular complexity index is 1080. The zero-order chi connectivity index (χ0) is 19.6. The maximum absolute atomic E-state index is 12.6. The van der Waals surface area contributed by atoms with Crippen LogP contribution in [0.1, 0.15) is 5.56 Å². The Morgan fingerprint density at radius 3 is 2.63 bits per heavy atom. The molecule has 0 aliphatic heterocycles. The number of rotatable bonds is 5. The topological polar surface area (TPSA) is 69.6 Å². The fourth-order valence-corrected chi connectivity index (χ4v) is 2.95. The molecule has 1 amide bonds. The zero-order valence-electron chi connectivity index (χ0n) is 15.2. The van der Waals surface area contributed by atoms with E-state index >= 15 is 0 Å². The molecule has 3 rings (SSSR count). The lowest BCUT2D eigenvalue weighted by Gasteiger charge is -2.13. The molecule has 3 aromatic rings. The summed E-state index contributed by atoms with van der Waals surface area (Å²) < 4.78 is 11.8. The van der Waals surface area contributed by atoms with E-state index in [2.05, 4.69) is 5.32 Å². The van der Waals surface area contributed by atoms with Crippen molar-refractivity contribution in [3.05, 3.63) is 63.5 Å². The third-order valence-corrected chi connectivity index (χ3v) is 4.66. The highest BCUT2D eigenvalue weighted by Gasteiger charge is 2.12.